The molecule has 2 N–H and O–H groups in total. The third-order valence-electron chi connectivity index (χ3n) is 3.29. The number of hydrogen-bond acceptors (Lipinski definition) is 2. The van der Waals surface area contributed by atoms with Crippen molar-refractivity contribution in [2.24, 2.45) is 11.1 Å². The van der Waals surface area contributed by atoms with Gasteiger partial charge in [-0.3, -0.25) is 0 Å². The summed E-state index contributed by atoms with van der Waals surface area (Å²) in [5.74, 6) is 0. The van der Waals surface area contributed by atoms with Crippen molar-refractivity contribution in [3.8, 4) is 0 Å². The highest BCUT2D eigenvalue weighted by Crippen LogP contribution is 2.30. The Hall–Kier alpha value is -1.61. The summed E-state index contributed by atoms with van der Waals surface area (Å²) in [6.45, 7) is 7.72. The Morgan fingerprint density at radius 3 is 2.25 bits per heavy atom. The van der Waals surface area contributed by atoms with Crippen LogP contribution in [0.15, 0.2) is 36.4 Å². The second kappa shape index (κ2) is 5.41. The van der Waals surface area contributed by atoms with Crippen molar-refractivity contribution in [2.45, 2.75) is 20.8 Å². The van der Waals surface area contributed by atoms with Crippen LogP contribution in [0.25, 0.3) is 10.8 Å². The van der Waals surface area contributed by atoms with Crippen LogP contribution in [0.1, 0.15) is 26.3 Å². The normalized spacial score (nSPS) is 11.6. The largest absolute Gasteiger partial charge is 0.389 e. The van der Waals surface area contributed by atoms with Crippen molar-refractivity contribution in [2.75, 3.05) is 18.5 Å². The summed E-state index contributed by atoms with van der Waals surface area (Å²) in [6.07, 6.45) is 0. The van der Waals surface area contributed by atoms with Gasteiger partial charge in [0.05, 0.1) is 0 Å². The van der Waals surface area contributed by atoms with Gasteiger partial charge in [-0.25, -0.2) is 0 Å². The summed E-state index contributed by atoms with van der Waals surface area (Å²) >= 11 is 5.15. The SMILES string of the molecule is CN(CC(C)(C)C)c1ccc(C(N)=S)c2ccccc12. The van der Waals surface area contributed by atoms with Gasteiger partial charge in [0.15, 0.2) is 0 Å². The van der Waals surface area contributed by atoms with E-state index in [1.165, 1.54) is 11.1 Å². The van der Waals surface area contributed by atoms with Crippen LogP contribution in [0, 0.1) is 5.41 Å². The molecule has 2 aromatic rings. The molecule has 0 amide bonds. The molecule has 0 aliphatic rings. The van der Waals surface area contributed by atoms with E-state index >= 15 is 0 Å². The lowest BCUT2D eigenvalue weighted by atomic mass is 9.95. The second-order valence-corrected chi connectivity index (χ2v) is 6.90. The lowest BCUT2D eigenvalue weighted by Crippen LogP contribution is -2.29. The Bertz CT molecular complexity index is 641. The van der Waals surface area contributed by atoms with E-state index in [4.69, 9.17) is 18.0 Å². The third kappa shape index (κ3) is 3.10. The van der Waals surface area contributed by atoms with E-state index in [9.17, 15) is 0 Å². The van der Waals surface area contributed by atoms with Crippen molar-refractivity contribution in [1.82, 2.24) is 0 Å². The van der Waals surface area contributed by atoms with Gasteiger partial charge in [-0.15, -0.1) is 0 Å². The van der Waals surface area contributed by atoms with Crippen molar-refractivity contribution in [3.63, 3.8) is 0 Å². The van der Waals surface area contributed by atoms with Gasteiger partial charge in [0.25, 0.3) is 0 Å². The van der Waals surface area contributed by atoms with E-state index in [1.807, 2.05) is 12.1 Å². The first kappa shape index (κ1) is 14.8. The molecule has 0 saturated heterocycles. The quantitative estimate of drug-likeness (QED) is 0.866. The lowest BCUT2D eigenvalue weighted by Gasteiger charge is -2.29. The highest BCUT2D eigenvalue weighted by Gasteiger charge is 2.16. The zero-order valence-electron chi connectivity index (χ0n) is 12.6. The van der Waals surface area contributed by atoms with Crippen molar-refractivity contribution < 1.29 is 0 Å². The van der Waals surface area contributed by atoms with E-state index in [0.29, 0.717) is 4.99 Å². The monoisotopic (exact) mass is 286 g/mol. The Labute approximate surface area is 126 Å². The highest BCUT2D eigenvalue weighted by molar-refractivity contribution is 7.80. The van der Waals surface area contributed by atoms with Gasteiger partial charge >= 0.3 is 0 Å². The maximum absolute atomic E-state index is 5.83. The van der Waals surface area contributed by atoms with Gasteiger partial charge in [-0.2, -0.15) is 0 Å². The first-order valence-electron chi connectivity index (χ1n) is 6.82. The topological polar surface area (TPSA) is 29.3 Å². The van der Waals surface area contributed by atoms with E-state index in [0.717, 1.165) is 17.5 Å². The average molecular weight is 286 g/mol. The zero-order valence-corrected chi connectivity index (χ0v) is 13.4. The molecule has 0 fully saturated rings. The number of benzene rings is 2. The molecular weight excluding hydrogens is 264 g/mol. The minimum absolute atomic E-state index is 0.248. The molecule has 2 rings (SSSR count). The summed E-state index contributed by atoms with van der Waals surface area (Å²) < 4.78 is 0. The van der Waals surface area contributed by atoms with E-state index < -0.39 is 0 Å². The fourth-order valence-electron chi connectivity index (χ4n) is 2.63. The molecule has 0 aromatic heterocycles. The molecule has 0 spiro atoms. The molecule has 0 saturated carbocycles. The van der Waals surface area contributed by atoms with Crippen LogP contribution in [0.3, 0.4) is 0 Å². The third-order valence-corrected chi connectivity index (χ3v) is 3.51. The van der Waals surface area contributed by atoms with Crippen LogP contribution >= 0.6 is 12.2 Å². The molecule has 2 aromatic carbocycles. The first-order chi connectivity index (χ1) is 9.29. The predicted molar refractivity (Wildman–Crippen MR) is 92.6 cm³/mol. The predicted octanol–water partition coefficient (Wildman–Crippen LogP) is 3.96. The van der Waals surface area contributed by atoms with E-state index in [1.54, 1.807) is 0 Å². The standard InChI is InChI=1S/C17H22N2S/c1-17(2,3)11-19(4)15-10-9-14(16(18)20)12-7-5-6-8-13(12)15/h5-10H,11H2,1-4H3,(H2,18,20). The highest BCUT2D eigenvalue weighted by atomic mass is 32.1. The van der Waals surface area contributed by atoms with Crippen LogP contribution < -0.4 is 10.6 Å². The van der Waals surface area contributed by atoms with Crippen LogP contribution in [-0.4, -0.2) is 18.6 Å². The van der Waals surface area contributed by atoms with Gasteiger partial charge in [0.2, 0.25) is 0 Å². The summed E-state index contributed by atoms with van der Waals surface area (Å²) in [7, 11) is 2.13. The maximum atomic E-state index is 5.83. The molecule has 0 aliphatic carbocycles. The Balaban J connectivity index is 2.56. The van der Waals surface area contributed by atoms with Crippen LogP contribution in [0.2, 0.25) is 0 Å². The van der Waals surface area contributed by atoms with Crippen molar-refractivity contribution >= 4 is 33.7 Å². The van der Waals surface area contributed by atoms with E-state index in [-0.39, 0.29) is 5.41 Å². The fraction of sp³-hybridized carbons (Fsp3) is 0.353. The number of thiocarbonyl (C=S) groups is 1. The summed E-state index contributed by atoms with van der Waals surface area (Å²) in [5.41, 5.74) is 8.24. The Morgan fingerprint density at radius 2 is 1.70 bits per heavy atom. The number of rotatable bonds is 3. The molecule has 0 unspecified atom stereocenters. The van der Waals surface area contributed by atoms with Crippen molar-refractivity contribution in [1.29, 1.82) is 0 Å². The molecule has 2 nitrogen and oxygen atoms in total. The molecule has 106 valence electrons. The zero-order chi connectivity index (χ0) is 14.9. The van der Waals surface area contributed by atoms with E-state index in [2.05, 4.69) is 57.0 Å². The number of anilines is 1. The number of fused-ring (bicyclic) bond motifs is 1. The Kier molecular flexibility index (Phi) is 4.00. The summed E-state index contributed by atoms with van der Waals surface area (Å²) in [6, 6.07) is 12.4. The maximum Gasteiger partial charge on any atom is 0.104 e. The number of hydrogen-bond donors (Lipinski definition) is 1. The first-order valence-corrected chi connectivity index (χ1v) is 7.23. The van der Waals surface area contributed by atoms with Crippen LogP contribution in [-0.2, 0) is 0 Å². The van der Waals surface area contributed by atoms with Crippen LogP contribution in [0.5, 0.6) is 0 Å². The molecule has 0 aliphatic heterocycles. The lowest BCUT2D eigenvalue weighted by molar-refractivity contribution is 0.419. The van der Waals surface area contributed by atoms with Crippen molar-refractivity contribution in [3.05, 3.63) is 42.0 Å². The smallest absolute Gasteiger partial charge is 0.104 e. The molecular formula is C17H22N2S. The van der Waals surface area contributed by atoms with Gasteiger partial charge in [-0.1, -0.05) is 57.3 Å². The average Bonchev–Trinajstić information content (AvgIpc) is 2.35. The molecule has 0 radical (unpaired) electrons. The van der Waals surface area contributed by atoms with Gasteiger partial charge in [0, 0.05) is 30.2 Å². The molecule has 0 bridgehead atoms. The molecule has 3 heteroatoms. The van der Waals surface area contributed by atoms with Gasteiger partial charge < -0.3 is 10.6 Å². The van der Waals surface area contributed by atoms with Gasteiger partial charge in [-0.05, 0) is 22.9 Å². The van der Waals surface area contributed by atoms with Gasteiger partial charge in [0.1, 0.15) is 4.99 Å². The Morgan fingerprint density at radius 1 is 1.10 bits per heavy atom. The molecule has 20 heavy (non-hydrogen) atoms. The fourth-order valence-corrected chi connectivity index (χ4v) is 2.81. The summed E-state index contributed by atoms with van der Waals surface area (Å²) in [4.78, 5) is 2.75. The van der Waals surface area contributed by atoms with Crippen LogP contribution in [0.4, 0.5) is 5.69 Å². The minimum Gasteiger partial charge on any atom is -0.389 e. The number of nitrogens with two attached hydrogens (primary N) is 1. The second-order valence-electron chi connectivity index (χ2n) is 6.46. The summed E-state index contributed by atoms with van der Waals surface area (Å²) in [5, 5.41) is 2.32. The minimum atomic E-state index is 0.248. The molecule has 0 atom stereocenters. The molecule has 0 heterocycles. The number of nitrogens with zero attached hydrogens (tertiary/aromatic N) is 1.